The minimum absolute atomic E-state index is 0.541. The van der Waals surface area contributed by atoms with Gasteiger partial charge < -0.3 is 9.47 Å². The zero-order valence-corrected chi connectivity index (χ0v) is 13.0. The number of hydrogen-bond donors (Lipinski definition) is 0. The molecule has 2 aromatic rings. The largest absolute Gasteiger partial charge is 0.493 e. The Labute approximate surface area is 128 Å². The molecule has 0 bridgehead atoms. The lowest BCUT2D eigenvalue weighted by Crippen LogP contribution is -1.95. The monoisotopic (exact) mass is 300 g/mol. The van der Waals surface area contributed by atoms with E-state index in [1.165, 1.54) is 11.3 Å². The van der Waals surface area contributed by atoms with Gasteiger partial charge in [-0.3, -0.25) is 0 Å². The molecule has 4 nitrogen and oxygen atoms in total. The van der Waals surface area contributed by atoms with Crippen molar-refractivity contribution in [2.45, 2.75) is 13.8 Å². The summed E-state index contributed by atoms with van der Waals surface area (Å²) in [6.45, 7) is 4.41. The van der Waals surface area contributed by atoms with Gasteiger partial charge >= 0.3 is 0 Å². The Morgan fingerprint density at radius 3 is 2.81 bits per heavy atom. The molecule has 0 aliphatic rings. The highest BCUT2D eigenvalue weighted by Crippen LogP contribution is 2.30. The molecule has 0 N–H and O–H groups in total. The average Bonchev–Trinajstić information content (AvgIpc) is 2.92. The van der Waals surface area contributed by atoms with Gasteiger partial charge in [0.2, 0.25) is 0 Å². The van der Waals surface area contributed by atoms with E-state index in [0.29, 0.717) is 23.7 Å². The maximum atomic E-state index is 9.31. The molecule has 0 atom stereocenters. The second-order valence-electron chi connectivity index (χ2n) is 4.31. The SMILES string of the molecule is CCOc1ccc(/C=C(/C#N)c2nc(C)cs2)cc1OC. The number of rotatable bonds is 5. The lowest BCUT2D eigenvalue weighted by atomic mass is 10.1. The Bertz CT molecular complexity index is 699. The van der Waals surface area contributed by atoms with Crippen molar-refractivity contribution < 1.29 is 9.47 Å². The highest BCUT2D eigenvalue weighted by molar-refractivity contribution is 7.11. The summed E-state index contributed by atoms with van der Waals surface area (Å²) in [5, 5.41) is 12.0. The summed E-state index contributed by atoms with van der Waals surface area (Å²) in [5.41, 5.74) is 2.33. The van der Waals surface area contributed by atoms with Crippen molar-refractivity contribution >= 4 is 23.0 Å². The number of ether oxygens (including phenoxy) is 2. The fourth-order valence-corrected chi connectivity index (χ4v) is 2.60. The van der Waals surface area contributed by atoms with Gasteiger partial charge in [0.15, 0.2) is 11.5 Å². The van der Waals surface area contributed by atoms with E-state index in [1.54, 1.807) is 13.2 Å². The predicted octanol–water partition coefficient (Wildman–Crippen LogP) is 3.92. The molecule has 0 saturated heterocycles. The first kappa shape index (κ1) is 15.1. The van der Waals surface area contributed by atoms with Gasteiger partial charge in [0, 0.05) is 11.1 Å². The minimum Gasteiger partial charge on any atom is -0.493 e. The maximum Gasteiger partial charge on any atom is 0.161 e. The van der Waals surface area contributed by atoms with Crippen molar-refractivity contribution in [2.24, 2.45) is 0 Å². The second-order valence-corrected chi connectivity index (χ2v) is 5.17. The Balaban J connectivity index is 2.37. The molecule has 0 unspecified atom stereocenters. The van der Waals surface area contributed by atoms with Crippen LogP contribution in [-0.2, 0) is 0 Å². The Kier molecular flexibility index (Phi) is 4.96. The molecule has 0 fully saturated rings. The zero-order chi connectivity index (χ0) is 15.2. The van der Waals surface area contributed by atoms with Gasteiger partial charge in [0.1, 0.15) is 11.1 Å². The quantitative estimate of drug-likeness (QED) is 0.785. The number of nitrogens with zero attached hydrogens (tertiary/aromatic N) is 2. The summed E-state index contributed by atoms with van der Waals surface area (Å²) in [4.78, 5) is 4.34. The van der Waals surface area contributed by atoms with Crippen LogP contribution in [0.15, 0.2) is 23.6 Å². The summed E-state index contributed by atoms with van der Waals surface area (Å²) in [5.74, 6) is 1.35. The fourth-order valence-electron chi connectivity index (χ4n) is 1.83. The molecule has 0 aliphatic carbocycles. The molecule has 1 heterocycles. The van der Waals surface area contributed by atoms with Crippen LogP contribution >= 0.6 is 11.3 Å². The highest BCUT2D eigenvalue weighted by Gasteiger charge is 2.08. The third-order valence-corrected chi connectivity index (χ3v) is 3.76. The molecule has 5 heteroatoms. The van der Waals surface area contributed by atoms with Crippen LogP contribution in [0.5, 0.6) is 11.5 Å². The van der Waals surface area contributed by atoms with Crippen LogP contribution in [0.3, 0.4) is 0 Å². The number of aryl methyl sites for hydroxylation is 1. The highest BCUT2D eigenvalue weighted by atomic mass is 32.1. The van der Waals surface area contributed by atoms with E-state index < -0.39 is 0 Å². The molecule has 1 aromatic heterocycles. The number of thiazole rings is 1. The molecule has 0 saturated carbocycles. The Morgan fingerprint density at radius 1 is 1.43 bits per heavy atom. The van der Waals surface area contributed by atoms with Crippen LogP contribution in [0.25, 0.3) is 11.6 Å². The average molecular weight is 300 g/mol. The van der Waals surface area contributed by atoms with Crippen molar-refractivity contribution in [3.63, 3.8) is 0 Å². The van der Waals surface area contributed by atoms with Crippen molar-refractivity contribution in [3.8, 4) is 17.6 Å². The van der Waals surface area contributed by atoms with Gasteiger partial charge in [-0.1, -0.05) is 6.07 Å². The molecule has 1 aromatic carbocycles. The number of benzene rings is 1. The van der Waals surface area contributed by atoms with E-state index in [-0.39, 0.29) is 0 Å². The van der Waals surface area contributed by atoms with Gasteiger partial charge in [-0.15, -0.1) is 11.3 Å². The van der Waals surface area contributed by atoms with Crippen molar-refractivity contribution in [1.29, 1.82) is 5.26 Å². The summed E-state index contributed by atoms with van der Waals surface area (Å²) < 4.78 is 10.8. The first-order valence-electron chi connectivity index (χ1n) is 6.53. The van der Waals surface area contributed by atoms with E-state index in [1.807, 2.05) is 37.4 Å². The van der Waals surface area contributed by atoms with Gasteiger partial charge in [0.05, 0.1) is 19.3 Å². The minimum atomic E-state index is 0.541. The van der Waals surface area contributed by atoms with E-state index in [0.717, 1.165) is 16.3 Å². The van der Waals surface area contributed by atoms with Crippen LogP contribution in [0, 0.1) is 18.3 Å². The third kappa shape index (κ3) is 3.61. The normalized spacial score (nSPS) is 11.0. The number of aromatic nitrogens is 1. The van der Waals surface area contributed by atoms with Crippen LogP contribution in [0.2, 0.25) is 0 Å². The van der Waals surface area contributed by atoms with Crippen molar-refractivity contribution in [2.75, 3.05) is 13.7 Å². The number of hydrogen-bond acceptors (Lipinski definition) is 5. The first-order valence-corrected chi connectivity index (χ1v) is 7.41. The van der Waals surface area contributed by atoms with E-state index in [9.17, 15) is 5.26 Å². The third-order valence-electron chi connectivity index (χ3n) is 2.77. The summed E-state index contributed by atoms with van der Waals surface area (Å²) in [6.07, 6.45) is 1.80. The number of nitriles is 1. The van der Waals surface area contributed by atoms with Crippen LogP contribution < -0.4 is 9.47 Å². The molecule has 0 radical (unpaired) electrons. The van der Waals surface area contributed by atoms with E-state index in [2.05, 4.69) is 11.1 Å². The molecule has 0 aliphatic heterocycles. The Morgan fingerprint density at radius 2 is 2.24 bits per heavy atom. The van der Waals surface area contributed by atoms with E-state index in [4.69, 9.17) is 9.47 Å². The predicted molar refractivity (Wildman–Crippen MR) is 84.5 cm³/mol. The first-order chi connectivity index (χ1) is 10.2. The molecule has 0 spiro atoms. The maximum absolute atomic E-state index is 9.31. The molecular weight excluding hydrogens is 284 g/mol. The lowest BCUT2D eigenvalue weighted by molar-refractivity contribution is 0.311. The summed E-state index contributed by atoms with van der Waals surface area (Å²) in [6, 6.07) is 7.78. The zero-order valence-electron chi connectivity index (χ0n) is 12.2. The van der Waals surface area contributed by atoms with Crippen molar-refractivity contribution in [1.82, 2.24) is 4.98 Å². The summed E-state index contributed by atoms with van der Waals surface area (Å²) in [7, 11) is 1.60. The molecule has 2 rings (SSSR count). The van der Waals surface area contributed by atoms with Crippen LogP contribution in [-0.4, -0.2) is 18.7 Å². The van der Waals surface area contributed by atoms with Gasteiger partial charge in [0.25, 0.3) is 0 Å². The second kappa shape index (κ2) is 6.91. The van der Waals surface area contributed by atoms with Crippen LogP contribution in [0.4, 0.5) is 0 Å². The lowest BCUT2D eigenvalue weighted by Gasteiger charge is -2.09. The Hall–Kier alpha value is -2.32. The standard InChI is InChI=1S/C16H16N2O2S/c1-4-20-14-6-5-12(8-15(14)19-3)7-13(9-17)16-18-11(2)10-21-16/h5-8,10H,4H2,1-3H3/b13-7-. The van der Waals surface area contributed by atoms with Gasteiger partial charge in [-0.25, -0.2) is 4.98 Å². The smallest absolute Gasteiger partial charge is 0.161 e. The van der Waals surface area contributed by atoms with Crippen LogP contribution in [0.1, 0.15) is 23.2 Å². The fraction of sp³-hybridized carbons (Fsp3) is 0.250. The van der Waals surface area contributed by atoms with E-state index >= 15 is 0 Å². The number of methoxy groups -OCH3 is 1. The number of allylic oxidation sites excluding steroid dienone is 1. The topological polar surface area (TPSA) is 55.1 Å². The van der Waals surface area contributed by atoms with Gasteiger partial charge in [-0.05, 0) is 37.6 Å². The van der Waals surface area contributed by atoms with Gasteiger partial charge in [-0.2, -0.15) is 5.26 Å². The molecular formula is C16H16N2O2S. The molecule has 108 valence electrons. The molecule has 0 amide bonds. The van der Waals surface area contributed by atoms with Crippen molar-refractivity contribution in [3.05, 3.63) is 39.8 Å². The molecule has 21 heavy (non-hydrogen) atoms. The summed E-state index contributed by atoms with van der Waals surface area (Å²) >= 11 is 1.46.